The lowest BCUT2D eigenvalue weighted by molar-refractivity contribution is -0.128. The Kier molecular flexibility index (Phi) is 8.18. The van der Waals surface area contributed by atoms with Crippen molar-refractivity contribution >= 4 is 46.8 Å². The van der Waals surface area contributed by atoms with Crippen LogP contribution >= 0.6 is 23.8 Å². The molecule has 0 aliphatic heterocycles. The van der Waals surface area contributed by atoms with E-state index in [9.17, 15) is 9.59 Å². The second-order valence-corrected chi connectivity index (χ2v) is 7.11. The number of thiocarbonyl (C=S) groups is 1. The Hall–Kier alpha value is -2.90. The van der Waals surface area contributed by atoms with Gasteiger partial charge in [0.1, 0.15) is 5.75 Å². The Labute approximate surface area is 180 Å². The van der Waals surface area contributed by atoms with Crippen LogP contribution in [0, 0.1) is 13.8 Å². The van der Waals surface area contributed by atoms with Crippen LogP contribution in [0.25, 0.3) is 6.08 Å². The van der Waals surface area contributed by atoms with Crippen LogP contribution in [-0.4, -0.2) is 23.0 Å². The van der Waals surface area contributed by atoms with Crippen molar-refractivity contribution in [3.63, 3.8) is 0 Å². The molecule has 1 unspecified atom stereocenters. The molecule has 2 aromatic rings. The number of amides is 2. The molecule has 6 nitrogen and oxygen atoms in total. The molecule has 152 valence electrons. The van der Waals surface area contributed by atoms with E-state index in [-0.39, 0.29) is 5.11 Å². The second kappa shape index (κ2) is 10.6. The maximum Gasteiger partial charge on any atom is 0.279 e. The second-order valence-electron chi connectivity index (χ2n) is 6.29. The van der Waals surface area contributed by atoms with E-state index in [2.05, 4.69) is 16.2 Å². The molecule has 2 rings (SSSR count). The molecule has 3 N–H and O–H groups in total. The van der Waals surface area contributed by atoms with E-state index in [0.717, 1.165) is 11.1 Å². The molecule has 0 fully saturated rings. The Morgan fingerprint density at radius 2 is 1.83 bits per heavy atom. The molecule has 0 heterocycles. The summed E-state index contributed by atoms with van der Waals surface area (Å²) in [6.07, 6.45) is 2.10. The largest absolute Gasteiger partial charge is 0.481 e. The molecule has 8 heteroatoms. The first-order valence-electron chi connectivity index (χ1n) is 8.83. The van der Waals surface area contributed by atoms with Gasteiger partial charge < -0.3 is 4.74 Å². The van der Waals surface area contributed by atoms with Crippen molar-refractivity contribution in [3.8, 4) is 5.75 Å². The van der Waals surface area contributed by atoms with E-state index in [0.29, 0.717) is 16.3 Å². The first-order valence-corrected chi connectivity index (χ1v) is 9.62. The average molecular weight is 432 g/mol. The average Bonchev–Trinajstić information content (AvgIpc) is 2.68. The fraction of sp³-hybridized carbons (Fsp3) is 0.190. The molecule has 0 spiro atoms. The standard InChI is InChI=1S/C21H22ClN3O3S/c1-13-8-10-17(12-14(13)2)28-15(3)20(27)24-25-21(29)23-19(26)11-9-16-6-4-5-7-18(16)22/h4-12,15H,1-3H3,(H,24,27)(H2,23,25,26,29)/b11-9+. The fourth-order valence-electron chi connectivity index (χ4n) is 2.23. The summed E-state index contributed by atoms with van der Waals surface area (Å²) in [5.41, 5.74) is 7.79. The lowest BCUT2D eigenvalue weighted by Crippen LogP contribution is -2.51. The zero-order valence-corrected chi connectivity index (χ0v) is 17.9. The number of benzene rings is 2. The van der Waals surface area contributed by atoms with Crippen LogP contribution in [0.15, 0.2) is 48.5 Å². The van der Waals surface area contributed by atoms with Gasteiger partial charge in [0.25, 0.3) is 5.91 Å². The molecular weight excluding hydrogens is 410 g/mol. The molecule has 0 aromatic heterocycles. The number of halogens is 1. The SMILES string of the molecule is Cc1ccc(OC(C)C(=O)NNC(=S)NC(=O)/C=C/c2ccccc2Cl)cc1C. The lowest BCUT2D eigenvalue weighted by atomic mass is 10.1. The fourth-order valence-corrected chi connectivity index (χ4v) is 2.58. The number of hydrogen-bond donors (Lipinski definition) is 3. The van der Waals surface area contributed by atoms with Crippen LogP contribution in [0.4, 0.5) is 0 Å². The van der Waals surface area contributed by atoms with Gasteiger partial charge in [-0.3, -0.25) is 25.8 Å². The number of nitrogens with one attached hydrogen (secondary N) is 3. The van der Waals surface area contributed by atoms with Gasteiger partial charge >= 0.3 is 0 Å². The Bertz CT molecular complexity index is 947. The van der Waals surface area contributed by atoms with Gasteiger partial charge in [-0.15, -0.1) is 0 Å². The third-order valence-corrected chi connectivity index (χ3v) is 4.56. The van der Waals surface area contributed by atoms with Crippen molar-refractivity contribution in [1.29, 1.82) is 0 Å². The summed E-state index contributed by atoms with van der Waals surface area (Å²) in [4.78, 5) is 24.0. The summed E-state index contributed by atoms with van der Waals surface area (Å²) >= 11 is 11.0. The summed E-state index contributed by atoms with van der Waals surface area (Å²) in [6, 6.07) is 12.7. The van der Waals surface area contributed by atoms with Crippen molar-refractivity contribution in [1.82, 2.24) is 16.2 Å². The number of hydrogen-bond acceptors (Lipinski definition) is 4. The highest BCUT2D eigenvalue weighted by Gasteiger charge is 2.15. The van der Waals surface area contributed by atoms with E-state index in [1.807, 2.05) is 32.0 Å². The summed E-state index contributed by atoms with van der Waals surface area (Å²) in [7, 11) is 0. The molecule has 0 saturated carbocycles. The molecule has 0 aliphatic carbocycles. The third-order valence-electron chi connectivity index (χ3n) is 4.02. The van der Waals surface area contributed by atoms with Crippen molar-refractivity contribution < 1.29 is 14.3 Å². The molecule has 0 saturated heterocycles. The van der Waals surface area contributed by atoms with E-state index >= 15 is 0 Å². The van der Waals surface area contributed by atoms with Gasteiger partial charge in [-0.2, -0.15) is 0 Å². The maximum absolute atomic E-state index is 12.1. The van der Waals surface area contributed by atoms with Crippen molar-refractivity contribution in [3.05, 3.63) is 70.3 Å². The molecule has 2 amide bonds. The smallest absolute Gasteiger partial charge is 0.279 e. The van der Waals surface area contributed by atoms with Crippen LogP contribution in [0.2, 0.25) is 5.02 Å². The summed E-state index contributed by atoms with van der Waals surface area (Å²) in [6.45, 7) is 5.58. The van der Waals surface area contributed by atoms with Crippen molar-refractivity contribution in [2.45, 2.75) is 26.9 Å². The van der Waals surface area contributed by atoms with Gasteiger partial charge in [-0.25, -0.2) is 0 Å². The van der Waals surface area contributed by atoms with Gasteiger partial charge in [0.05, 0.1) is 0 Å². The predicted octanol–water partition coefficient (Wildman–Crippen LogP) is 3.46. The minimum absolute atomic E-state index is 0.0504. The number of hydrazine groups is 1. The van der Waals surface area contributed by atoms with E-state index in [4.69, 9.17) is 28.6 Å². The number of rotatable bonds is 5. The van der Waals surface area contributed by atoms with E-state index < -0.39 is 17.9 Å². The first kappa shape index (κ1) is 22.4. The Balaban J connectivity index is 1.78. The van der Waals surface area contributed by atoms with Gasteiger partial charge in [0, 0.05) is 11.1 Å². The highest BCUT2D eigenvalue weighted by molar-refractivity contribution is 7.80. The third kappa shape index (κ3) is 7.21. The van der Waals surface area contributed by atoms with Crippen LogP contribution < -0.4 is 20.9 Å². The Morgan fingerprint density at radius 3 is 2.52 bits per heavy atom. The lowest BCUT2D eigenvalue weighted by Gasteiger charge is -2.16. The highest BCUT2D eigenvalue weighted by Crippen LogP contribution is 2.18. The van der Waals surface area contributed by atoms with Crippen LogP contribution in [0.5, 0.6) is 5.75 Å². The van der Waals surface area contributed by atoms with Crippen LogP contribution in [-0.2, 0) is 9.59 Å². The zero-order chi connectivity index (χ0) is 21.4. The minimum atomic E-state index is -0.761. The molecule has 0 aliphatic rings. The van der Waals surface area contributed by atoms with Gasteiger partial charge in [-0.05, 0) is 74.0 Å². The summed E-state index contributed by atoms with van der Waals surface area (Å²) in [5.74, 6) is -0.307. The van der Waals surface area contributed by atoms with E-state index in [1.165, 1.54) is 6.08 Å². The zero-order valence-electron chi connectivity index (χ0n) is 16.3. The number of carbonyl (C=O) groups excluding carboxylic acids is 2. The number of ether oxygens (including phenoxy) is 1. The highest BCUT2D eigenvalue weighted by atomic mass is 35.5. The predicted molar refractivity (Wildman–Crippen MR) is 119 cm³/mol. The normalized spacial score (nSPS) is 11.6. The van der Waals surface area contributed by atoms with Gasteiger partial charge in [-0.1, -0.05) is 35.9 Å². The maximum atomic E-state index is 12.1. The quantitative estimate of drug-likeness (QED) is 0.384. The topological polar surface area (TPSA) is 79.5 Å². The summed E-state index contributed by atoms with van der Waals surface area (Å²) in [5, 5.41) is 2.90. The summed E-state index contributed by atoms with van der Waals surface area (Å²) < 4.78 is 5.62. The monoisotopic (exact) mass is 431 g/mol. The molecule has 1 atom stereocenters. The van der Waals surface area contributed by atoms with E-state index in [1.54, 1.807) is 37.3 Å². The van der Waals surface area contributed by atoms with Crippen LogP contribution in [0.1, 0.15) is 23.6 Å². The number of carbonyl (C=O) groups is 2. The molecule has 0 bridgehead atoms. The minimum Gasteiger partial charge on any atom is -0.481 e. The molecular formula is C21H22ClN3O3S. The van der Waals surface area contributed by atoms with Gasteiger partial charge in [0.15, 0.2) is 11.2 Å². The van der Waals surface area contributed by atoms with Crippen molar-refractivity contribution in [2.75, 3.05) is 0 Å². The molecule has 29 heavy (non-hydrogen) atoms. The van der Waals surface area contributed by atoms with Crippen molar-refractivity contribution in [2.24, 2.45) is 0 Å². The van der Waals surface area contributed by atoms with Gasteiger partial charge in [0.2, 0.25) is 5.91 Å². The van der Waals surface area contributed by atoms with Crippen LogP contribution in [0.3, 0.4) is 0 Å². The molecule has 0 radical (unpaired) electrons. The first-order chi connectivity index (χ1) is 13.8. The number of aryl methyl sites for hydroxylation is 2. The molecule has 2 aromatic carbocycles. The Morgan fingerprint density at radius 1 is 1.10 bits per heavy atom.